The Morgan fingerprint density at radius 3 is 2.48 bits per heavy atom. The van der Waals surface area contributed by atoms with Crippen molar-refractivity contribution in [1.29, 1.82) is 0 Å². The fourth-order valence-corrected chi connectivity index (χ4v) is 3.81. The molecule has 0 radical (unpaired) electrons. The highest BCUT2D eigenvalue weighted by atomic mass is 16.5. The molecule has 3 rings (SSSR count). The zero-order valence-electron chi connectivity index (χ0n) is 16.3. The Morgan fingerprint density at radius 2 is 2.00 bits per heavy atom. The Kier molecular flexibility index (Phi) is 4.01. The molecule has 2 heterocycles. The molecule has 1 saturated heterocycles. The molecule has 1 fully saturated rings. The van der Waals surface area contributed by atoms with E-state index in [2.05, 4.69) is 6.07 Å². The van der Waals surface area contributed by atoms with Crippen molar-refractivity contribution in [3.63, 3.8) is 0 Å². The van der Waals surface area contributed by atoms with E-state index < -0.39 is 5.60 Å². The van der Waals surface area contributed by atoms with E-state index in [0.717, 1.165) is 29.1 Å². The number of nitrogens with zero attached hydrogens (tertiary/aromatic N) is 2. The van der Waals surface area contributed by atoms with Gasteiger partial charge in [-0.2, -0.15) is 0 Å². The highest BCUT2D eigenvalue weighted by molar-refractivity contribution is 6.09. The number of hydrogen-bond donors (Lipinski definition) is 0. The first-order valence-corrected chi connectivity index (χ1v) is 8.74. The lowest BCUT2D eigenvalue weighted by atomic mass is 9.91. The van der Waals surface area contributed by atoms with Gasteiger partial charge in [0.05, 0.1) is 24.1 Å². The maximum Gasteiger partial charge on any atom is 0.276 e. The number of allylic oxidation sites excluding steroid dienone is 2. The third kappa shape index (κ3) is 2.48. The zero-order valence-corrected chi connectivity index (χ0v) is 16.3. The molecule has 1 atom stereocenters. The van der Waals surface area contributed by atoms with Crippen LogP contribution in [0.5, 0.6) is 5.75 Å². The highest BCUT2D eigenvalue weighted by Crippen LogP contribution is 2.56. The monoisotopic (exact) mass is 344 g/mol. The van der Waals surface area contributed by atoms with Crippen molar-refractivity contribution in [2.45, 2.75) is 51.7 Å². The molecule has 1 spiro atoms. The molecule has 2 aliphatic heterocycles. The molecule has 0 saturated carbocycles. The van der Waals surface area contributed by atoms with Crippen LogP contribution in [0.3, 0.4) is 0 Å². The molecule has 1 aromatic rings. The Morgan fingerprint density at radius 1 is 1.32 bits per heavy atom. The summed E-state index contributed by atoms with van der Waals surface area (Å²) in [5.41, 5.74) is 1.42. The van der Waals surface area contributed by atoms with Crippen LogP contribution in [0, 0.1) is 0 Å². The summed E-state index contributed by atoms with van der Waals surface area (Å²) in [6, 6.07) is 4.05. The number of methoxy groups -OCH3 is 1. The predicted octanol–water partition coefficient (Wildman–Crippen LogP) is 3.82. The van der Waals surface area contributed by atoms with E-state index in [-0.39, 0.29) is 11.4 Å². The summed E-state index contributed by atoms with van der Waals surface area (Å²) >= 11 is 0. The molecule has 0 aromatic heterocycles. The number of ether oxygens (including phenoxy) is 2. The van der Waals surface area contributed by atoms with Crippen molar-refractivity contribution >= 4 is 17.3 Å². The minimum atomic E-state index is -0.972. The van der Waals surface area contributed by atoms with E-state index in [0.29, 0.717) is 12.2 Å². The van der Waals surface area contributed by atoms with Gasteiger partial charge >= 0.3 is 0 Å². The number of anilines is 2. The largest absolute Gasteiger partial charge is 0.496 e. The Bertz CT molecular complexity index is 746. The molecular weight excluding hydrogens is 316 g/mol. The van der Waals surface area contributed by atoms with E-state index in [1.165, 1.54) is 0 Å². The second-order valence-corrected chi connectivity index (χ2v) is 7.93. The van der Waals surface area contributed by atoms with Crippen LogP contribution in [0.1, 0.15) is 46.1 Å². The highest BCUT2D eigenvalue weighted by Gasteiger charge is 2.59. The summed E-state index contributed by atoms with van der Waals surface area (Å²) < 4.78 is 12.0. The zero-order chi connectivity index (χ0) is 18.6. The SMILES string of the molecule is C/C=C1/CCC2(O1)C(=O)N(C(C)(C)C)c1cc(N(C)C)cc(OC)c12. The van der Waals surface area contributed by atoms with Gasteiger partial charge in [0.15, 0.2) is 0 Å². The second-order valence-electron chi connectivity index (χ2n) is 7.93. The van der Waals surface area contributed by atoms with Gasteiger partial charge in [-0.3, -0.25) is 4.79 Å². The minimum absolute atomic E-state index is 0.000978. The van der Waals surface area contributed by atoms with E-state index in [1.807, 2.05) is 63.7 Å². The molecule has 0 aliphatic carbocycles. The molecule has 1 amide bonds. The normalized spacial score (nSPS) is 24.0. The fraction of sp³-hybridized carbons (Fsp3) is 0.550. The van der Waals surface area contributed by atoms with Gasteiger partial charge in [0, 0.05) is 44.2 Å². The molecule has 0 N–H and O–H groups in total. The quantitative estimate of drug-likeness (QED) is 0.818. The van der Waals surface area contributed by atoms with Crippen molar-refractivity contribution in [3.05, 3.63) is 29.5 Å². The van der Waals surface area contributed by atoms with Gasteiger partial charge in [0.2, 0.25) is 5.60 Å². The van der Waals surface area contributed by atoms with Crippen LogP contribution >= 0.6 is 0 Å². The lowest BCUT2D eigenvalue weighted by Gasteiger charge is -2.34. The summed E-state index contributed by atoms with van der Waals surface area (Å²) in [5, 5.41) is 0. The minimum Gasteiger partial charge on any atom is -0.496 e. The second kappa shape index (κ2) is 5.68. The molecule has 5 heteroatoms. The molecule has 136 valence electrons. The first-order chi connectivity index (χ1) is 11.7. The Balaban J connectivity index is 2.31. The van der Waals surface area contributed by atoms with Gasteiger partial charge in [-0.1, -0.05) is 0 Å². The average Bonchev–Trinajstić information content (AvgIpc) is 3.07. The molecule has 1 unspecified atom stereocenters. The molecule has 2 aliphatic rings. The maximum atomic E-state index is 13.5. The van der Waals surface area contributed by atoms with Gasteiger partial charge in [0.1, 0.15) is 5.75 Å². The number of benzene rings is 1. The van der Waals surface area contributed by atoms with Gasteiger partial charge in [-0.05, 0) is 39.8 Å². The first-order valence-electron chi connectivity index (χ1n) is 8.74. The van der Waals surface area contributed by atoms with Gasteiger partial charge in [-0.25, -0.2) is 0 Å². The van der Waals surface area contributed by atoms with Crippen LogP contribution in [0.2, 0.25) is 0 Å². The Hall–Kier alpha value is -2.17. The summed E-state index contributed by atoms with van der Waals surface area (Å²) in [6.07, 6.45) is 3.35. The summed E-state index contributed by atoms with van der Waals surface area (Å²) in [7, 11) is 5.62. The van der Waals surface area contributed by atoms with E-state index >= 15 is 0 Å². The van der Waals surface area contributed by atoms with Gasteiger partial charge in [0.25, 0.3) is 5.91 Å². The van der Waals surface area contributed by atoms with E-state index in [4.69, 9.17) is 9.47 Å². The van der Waals surface area contributed by atoms with Crippen molar-refractivity contribution in [2.75, 3.05) is 31.0 Å². The molecule has 25 heavy (non-hydrogen) atoms. The van der Waals surface area contributed by atoms with E-state index in [9.17, 15) is 4.79 Å². The van der Waals surface area contributed by atoms with Crippen LogP contribution in [0.4, 0.5) is 11.4 Å². The maximum absolute atomic E-state index is 13.5. The third-order valence-corrected chi connectivity index (χ3v) is 5.02. The third-order valence-electron chi connectivity index (χ3n) is 5.02. The fourth-order valence-electron chi connectivity index (χ4n) is 3.81. The smallest absolute Gasteiger partial charge is 0.276 e. The number of fused-ring (bicyclic) bond motifs is 2. The molecule has 5 nitrogen and oxygen atoms in total. The number of carbonyl (C=O) groups is 1. The molecular formula is C20H28N2O3. The van der Waals surface area contributed by atoms with Crippen LogP contribution in [-0.4, -0.2) is 32.7 Å². The van der Waals surface area contributed by atoms with Crippen molar-refractivity contribution in [3.8, 4) is 5.75 Å². The number of amides is 1. The van der Waals surface area contributed by atoms with E-state index in [1.54, 1.807) is 7.11 Å². The van der Waals surface area contributed by atoms with Gasteiger partial charge < -0.3 is 19.3 Å². The Labute approximate surface area is 150 Å². The van der Waals surface area contributed by atoms with Crippen molar-refractivity contribution in [1.82, 2.24) is 0 Å². The number of hydrogen-bond acceptors (Lipinski definition) is 4. The standard InChI is InChI=1S/C20H28N2O3/c1-8-14-9-10-20(25-14)17-15(22(18(20)23)19(2,3)4)11-13(21(5)6)12-16(17)24-7/h8,11-12H,9-10H2,1-7H3/b14-8-. The van der Waals surface area contributed by atoms with Crippen molar-refractivity contribution < 1.29 is 14.3 Å². The van der Waals surface area contributed by atoms with Gasteiger partial charge in [-0.15, -0.1) is 0 Å². The lowest BCUT2D eigenvalue weighted by molar-refractivity contribution is -0.136. The van der Waals surface area contributed by atoms with Crippen LogP contribution < -0.4 is 14.5 Å². The number of carbonyl (C=O) groups excluding carboxylic acids is 1. The summed E-state index contributed by atoms with van der Waals surface area (Å²) in [6.45, 7) is 8.10. The summed E-state index contributed by atoms with van der Waals surface area (Å²) in [5.74, 6) is 1.58. The summed E-state index contributed by atoms with van der Waals surface area (Å²) in [4.78, 5) is 17.4. The van der Waals surface area contributed by atoms with Crippen LogP contribution in [0.25, 0.3) is 0 Å². The van der Waals surface area contributed by atoms with Crippen LogP contribution in [-0.2, 0) is 15.1 Å². The first kappa shape index (κ1) is 17.6. The average molecular weight is 344 g/mol. The molecule has 1 aromatic carbocycles. The predicted molar refractivity (Wildman–Crippen MR) is 100 cm³/mol. The lowest BCUT2D eigenvalue weighted by Crippen LogP contribution is -2.49. The van der Waals surface area contributed by atoms with Crippen molar-refractivity contribution in [2.24, 2.45) is 0 Å². The topological polar surface area (TPSA) is 42.0 Å². The number of rotatable bonds is 2. The molecule has 0 bridgehead atoms. The van der Waals surface area contributed by atoms with Crippen LogP contribution in [0.15, 0.2) is 24.0 Å².